The van der Waals surface area contributed by atoms with Crippen molar-refractivity contribution < 1.29 is 9.47 Å². The lowest BCUT2D eigenvalue weighted by Crippen LogP contribution is -2.29. The quantitative estimate of drug-likeness (QED) is 0.243. The van der Waals surface area contributed by atoms with Crippen LogP contribution in [0.5, 0.6) is 11.5 Å². The molecule has 0 spiro atoms. The third kappa shape index (κ3) is 5.85. The molecule has 0 fully saturated rings. The maximum atomic E-state index is 9.34. The molecule has 0 amide bonds. The van der Waals surface area contributed by atoms with Crippen LogP contribution in [-0.4, -0.2) is 12.6 Å². The van der Waals surface area contributed by atoms with E-state index in [4.69, 9.17) is 14.9 Å². The van der Waals surface area contributed by atoms with Crippen molar-refractivity contribution in [3.8, 4) is 17.7 Å². The van der Waals surface area contributed by atoms with E-state index < -0.39 is 0 Å². The zero-order valence-electron chi connectivity index (χ0n) is 14.4. The summed E-state index contributed by atoms with van der Waals surface area (Å²) < 4.78 is 11.1. The minimum atomic E-state index is -0.248. The molecule has 0 unspecified atom stereocenters. The second-order valence-electron chi connectivity index (χ2n) is 5.56. The summed E-state index contributed by atoms with van der Waals surface area (Å²) in [5.41, 5.74) is 0.557. The van der Waals surface area contributed by atoms with Crippen molar-refractivity contribution in [2.45, 2.75) is 32.6 Å². The van der Waals surface area contributed by atoms with E-state index in [1.54, 1.807) is 36.4 Å². The van der Waals surface area contributed by atoms with Crippen molar-refractivity contribution in [3.63, 3.8) is 0 Å². The Labute approximate surface area is 148 Å². The number of hydrogen-bond acceptors (Lipinski definition) is 4. The standard InChI is InChI=1S/C20H23N3O2/c1-2-3-4-8-15-24-18-13-11-17(12-14-18)23(16-21)20(22)25-19-9-6-5-7-10-19/h5-7,9-14,22H,2-4,8,15H2,1H3. The molecule has 0 saturated heterocycles. The normalized spacial score (nSPS) is 9.92. The second kappa shape index (κ2) is 9.99. The van der Waals surface area contributed by atoms with Crippen LogP contribution in [0.4, 0.5) is 5.69 Å². The molecule has 0 aromatic heterocycles. The molecule has 0 atom stereocenters. The number of nitriles is 1. The van der Waals surface area contributed by atoms with E-state index in [1.165, 1.54) is 19.3 Å². The van der Waals surface area contributed by atoms with Crippen LogP contribution in [-0.2, 0) is 0 Å². The molecule has 5 nitrogen and oxygen atoms in total. The fraction of sp³-hybridized carbons (Fsp3) is 0.300. The summed E-state index contributed by atoms with van der Waals surface area (Å²) in [7, 11) is 0. The average molecular weight is 337 g/mol. The summed E-state index contributed by atoms with van der Waals surface area (Å²) in [6.45, 7) is 2.87. The lowest BCUT2D eigenvalue weighted by atomic mass is 10.2. The van der Waals surface area contributed by atoms with Gasteiger partial charge < -0.3 is 9.47 Å². The van der Waals surface area contributed by atoms with Crippen LogP contribution in [0.1, 0.15) is 32.6 Å². The Morgan fingerprint density at radius 2 is 1.72 bits per heavy atom. The predicted octanol–water partition coefficient (Wildman–Crippen LogP) is 4.95. The molecule has 25 heavy (non-hydrogen) atoms. The zero-order chi connectivity index (χ0) is 17.9. The van der Waals surface area contributed by atoms with Gasteiger partial charge in [0.2, 0.25) is 0 Å². The maximum Gasteiger partial charge on any atom is 0.308 e. The lowest BCUT2D eigenvalue weighted by molar-refractivity contribution is 0.305. The lowest BCUT2D eigenvalue weighted by Gasteiger charge is -2.16. The highest BCUT2D eigenvalue weighted by Crippen LogP contribution is 2.21. The van der Waals surface area contributed by atoms with Gasteiger partial charge in [0.05, 0.1) is 12.3 Å². The Bertz CT molecular complexity index is 693. The van der Waals surface area contributed by atoms with Crippen molar-refractivity contribution in [1.29, 1.82) is 10.7 Å². The van der Waals surface area contributed by atoms with E-state index in [0.29, 0.717) is 18.0 Å². The van der Waals surface area contributed by atoms with E-state index in [0.717, 1.165) is 17.1 Å². The molecule has 2 rings (SSSR count). The van der Waals surface area contributed by atoms with Gasteiger partial charge in [0.25, 0.3) is 0 Å². The Kier molecular flexibility index (Phi) is 7.33. The van der Waals surface area contributed by atoms with E-state index >= 15 is 0 Å². The van der Waals surface area contributed by atoms with E-state index in [1.807, 2.05) is 24.4 Å². The molecule has 0 radical (unpaired) electrons. The van der Waals surface area contributed by atoms with E-state index in [2.05, 4.69) is 6.92 Å². The number of para-hydroxylation sites is 1. The summed E-state index contributed by atoms with van der Waals surface area (Å²) >= 11 is 0. The second-order valence-corrected chi connectivity index (χ2v) is 5.56. The van der Waals surface area contributed by atoms with Crippen molar-refractivity contribution in [2.75, 3.05) is 11.5 Å². The van der Waals surface area contributed by atoms with Crippen LogP contribution in [0.25, 0.3) is 0 Å². The number of unbranched alkanes of at least 4 members (excludes halogenated alkanes) is 3. The number of nitrogens with zero attached hydrogens (tertiary/aromatic N) is 2. The largest absolute Gasteiger partial charge is 0.494 e. The van der Waals surface area contributed by atoms with Crippen molar-refractivity contribution >= 4 is 11.7 Å². The molecule has 130 valence electrons. The van der Waals surface area contributed by atoms with Gasteiger partial charge in [0.15, 0.2) is 6.19 Å². The summed E-state index contributed by atoms with van der Waals surface area (Å²) in [6.07, 6.45) is 6.60. The first-order chi connectivity index (χ1) is 12.2. The molecule has 2 aromatic carbocycles. The van der Waals surface area contributed by atoms with Gasteiger partial charge in [-0.05, 0) is 42.8 Å². The van der Waals surface area contributed by atoms with Crippen LogP contribution >= 0.6 is 0 Å². The van der Waals surface area contributed by atoms with Crippen molar-refractivity contribution in [1.82, 2.24) is 0 Å². The average Bonchev–Trinajstić information content (AvgIpc) is 2.64. The molecule has 5 heteroatoms. The Morgan fingerprint density at radius 3 is 2.36 bits per heavy atom. The van der Waals surface area contributed by atoms with Crippen LogP contribution in [0.15, 0.2) is 54.6 Å². The number of ether oxygens (including phenoxy) is 2. The van der Waals surface area contributed by atoms with E-state index in [-0.39, 0.29) is 6.02 Å². The highest BCUT2D eigenvalue weighted by molar-refractivity contribution is 5.93. The van der Waals surface area contributed by atoms with Gasteiger partial charge in [0.1, 0.15) is 11.5 Å². The summed E-state index contributed by atoms with van der Waals surface area (Å²) in [4.78, 5) is 1.12. The first-order valence-electron chi connectivity index (χ1n) is 8.48. The van der Waals surface area contributed by atoms with Crippen LogP contribution < -0.4 is 14.4 Å². The predicted molar refractivity (Wildman–Crippen MR) is 99.0 cm³/mol. The van der Waals surface area contributed by atoms with Gasteiger partial charge in [-0.15, -0.1) is 0 Å². The Hall–Kier alpha value is -3.00. The monoisotopic (exact) mass is 337 g/mol. The third-order valence-corrected chi connectivity index (χ3v) is 3.62. The highest BCUT2D eigenvalue weighted by Gasteiger charge is 2.14. The maximum absolute atomic E-state index is 9.34. The molecule has 2 aromatic rings. The summed E-state index contributed by atoms with van der Waals surface area (Å²) in [5.74, 6) is 1.27. The van der Waals surface area contributed by atoms with Crippen molar-refractivity contribution in [3.05, 3.63) is 54.6 Å². The summed E-state index contributed by atoms with van der Waals surface area (Å²) in [6, 6.07) is 15.8. The van der Waals surface area contributed by atoms with Crippen LogP contribution in [0, 0.1) is 16.9 Å². The number of amidine groups is 1. The minimum Gasteiger partial charge on any atom is -0.494 e. The Balaban J connectivity index is 1.92. The minimum absolute atomic E-state index is 0.248. The van der Waals surface area contributed by atoms with Crippen LogP contribution in [0.2, 0.25) is 0 Å². The molecule has 0 aliphatic heterocycles. The highest BCUT2D eigenvalue weighted by atomic mass is 16.5. The number of anilines is 1. The molecular weight excluding hydrogens is 314 g/mol. The van der Waals surface area contributed by atoms with Gasteiger partial charge in [0, 0.05) is 0 Å². The SMILES string of the molecule is CCCCCCOc1ccc(N(C#N)C(=N)Oc2ccccc2)cc1. The van der Waals surface area contributed by atoms with Gasteiger partial charge >= 0.3 is 6.02 Å². The molecule has 0 saturated carbocycles. The number of hydrogen-bond donors (Lipinski definition) is 1. The first kappa shape index (κ1) is 18.3. The molecule has 0 aliphatic carbocycles. The first-order valence-corrected chi connectivity index (χ1v) is 8.48. The number of rotatable bonds is 8. The summed E-state index contributed by atoms with van der Waals surface area (Å²) in [5, 5.41) is 17.3. The molecule has 0 aliphatic rings. The smallest absolute Gasteiger partial charge is 0.308 e. The van der Waals surface area contributed by atoms with Crippen molar-refractivity contribution in [2.24, 2.45) is 0 Å². The molecule has 0 heterocycles. The molecule has 1 N–H and O–H groups in total. The third-order valence-electron chi connectivity index (χ3n) is 3.62. The van der Waals surface area contributed by atoms with Gasteiger partial charge in [-0.3, -0.25) is 0 Å². The van der Waals surface area contributed by atoms with Gasteiger partial charge in [-0.2, -0.15) is 10.2 Å². The van der Waals surface area contributed by atoms with Gasteiger partial charge in [-0.1, -0.05) is 44.4 Å². The topological polar surface area (TPSA) is 69.3 Å². The Morgan fingerprint density at radius 1 is 1.00 bits per heavy atom. The van der Waals surface area contributed by atoms with Crippen LogP contribution in [0.3, 0.4) is 0 Å². The van der Waals surface area contributed by atoms with Gasteiger partial charge in [-0.25, -0.2) is 5.41 Å². The fourth-order valence-electron chi connectivity index (χ4n) is 2.28. The fourth-order valence-corrected chi connectivity index (χ4v) is 2.28. The van der Waals surface area contributed by atoms with E-state index in [9.17, 15) is 5.26 Å². The zero-order valence-corrected chi connectivity index (χ0v) is 14.4. The number of benzene rings is 2. The number of nitrogens with one attached hydrogen (secondary N) is 1. The molecule has 0 bridgehead atoms. The molecular formula is C20H23N3O2.